The molecule has 2 fully saturated rings. The molecule has 0 aliphatic carbocycles. The number of carbonyl (C=O) groups is 2. The molecule has 3 N–H and O–H groups in total. The number of halogens is 1. The zero-order valence-electron chi connectivity index (χ0n) is 13.4. The Balaban J connectivity index is 1.75. The highest BCUT2D eigenvalue weighted by molar-refractivity contribution is 5.90. The van der Waals surface area contributed by atoms with Gasteiger partial charge in [-0.15, -0.1) is 0 Å². The molecule has 8 nitrogen and oxygen atoms in total. The molecule has 0 aromatic heterocycles. The summed E-state index contributed by atoms with van der Waals surface area (Å²) in [5.41, 5.74) is 9.03. The van der Waals surface area contributed by atoms with E-state index in [1.54, 1.807) is 19.1 Å². The van der Waals surface area contributed by atoms with Crippen LogP contribution >= 0.6 is 0 Å². The summed E-state index contributed by atoms with van der Waals surface area (Å²) in [5.74, 6) is -0.424. The third-order valence-corrected chi connectivity index (χ3v) is 4.09. The summed E-state index contributed by atoms with van der Waals surface area (Å²) in [5, 5.41) is 1.31. The fourth-order valence-electron chi connectivity index (χ4n) is 2.90. The van der Waals surface area contributed by atoms with Crippen molar-refractivity contribution in [3.05, 3.63) is 24.0 Å². The molecular weight excluding hydrogens is 317 g/mol. The number of nitrogens with two attached hydrogens (primary N) is 1. The Labute approximate surface area is 138 Å². The van der Waals surface area contributed by atoms with Gasteiger partial charge in [0.1, 0.15) is 11.9 Å². The lowest BCUT2D eigenvalue weighted by atomic mass is 10.2. The number of hydrazine groups is 1. The first-order chi connectivity index (χ1) is 11.5. The number of benzene rings is 1. The number of cyclic esters (lactones) is 1. The second-order valence-electron chi connectivity index (χ2n) is 5.83. The first-order valence-electron chi connectivity index (χ1n) is 7.79. The SMILES string of the molecule is C[C@H]1CN(c2ccc(N3CCNN(C(N)=O)CC3)c(F)c2)C(=O)O1. The Kier molecular flexibility index (Phi) is 4.43. The summed E-state index contributed by atoms with van der Waals surface area (Å²) in [4.78, 5) is 26.2. The van der Waals surface area contributed by atoms with E-state index >= 15 is 0 Å². The van der Waals surface area contributed by atoms with Crippen molar-refractivity contribution in [3.63, 3.8) is 0 Å². The highest BCUT2D eigenvalue weighted by atomic mass is 19.1. The maximum absolute atomic E-state index is 14.6. The molecule has 2 saturated heterocycles. The van der Waals surface area contributed by atoms with Crippen molar-refractivity contribution in [1.29, 1.82) is 0 Å². The van der Waals surface area contributed by atoms with E-state index < -0.39 is 17.9 Å². The van der Waals surface area contributed by atoms with Crippen molar-refractivity contribution in [2.45, 2.75) is 13.0 Å². The topological polar surface area (TPSA) is 91.1 Å². The molecular formula is C15H20FN5O3. The number of carbonyl (C=O) groups excluding carboxylic acids is 2. The number of nitrogens with one attached hydrogen (secondary N) is 1. The second kappa shape index (κ2) is 6.52. The number of primary amides is 1. The molecule has 3 rings (SSSR count). The van der Waals surface area contributed by atoms with Crippen molar-refractivity contribution in [3.8, 4) is 0 Å². The molecule has 0 radical (unpaired) electrons. The Morgan fingerprint density at radius 3 is 2.79 bits per heavy atom. The molecule has 2 heterocycles. The van der Waals surface area contributed by atoms with Gasteiger partial charge in [0.25, 0.3) is 0 Å². The van der Waals surface area contributed by atoms with Crippen molar-refractivity contribution in [2.24, 2.45) is 5.73 Å². The van der Waals surface area contributed by atoms with Gasteiger partial charge in [-0.2, -0.15) is 0 Å². The maximum atomic E-state index is 14.6. The molecule has 0 unspecified atom stereocenters. The van der Waals surface area contributed by atoms with E-state index in [1.165, 1.54) is 16.0 Å². The van der Waals surface area contributed by atoms with Gasteiger partial charge in [0.15, 0.2) is 0 Å². The average molecular weight is 337 g/mol. The molecule has 3 amide bonds. The Hall–Kier alpha value is -2.55. The van der Waals surface area contributed by atoms with Gasteiger partial charge in [0.05, 0.1) is 24.5 Å². The van der Waals surface area contributed by atoms with Crippen LogP contribution in [0.5, 0.6) is 0 Å². The van der Waals surface area contributed by atoms with Crippen LogP contribution in [0.15, 0.2) is 18.2 Å². The standard InChI is InChI=1S/C15H20FN5O3/c1-10-9-20(15(23)24-10)11-2-3-13(12(16)8-11)19-5-4-18-21(7-6-19)14(17)22/h2-3,8,10,18H,4-7,9H2,1H3,(H2,17,22)/t10-/m0/s1. The summed E-state index contributed by atoms with van der Waals surface area (Å²) < 4.78 is 19.6. The molecule has 0 bridgehead atoms. The number of nitrogens with zero attached hydrogens (tertiary/aromatic N) is 3. The zero-order chi connectivity index (χ0) is 17.3. The molecule has 9 heteroatoms. The molecule has 1 aromatic rings. The van der Waals surface area contributed by atoms with Crippen molar-refractivity contribution in [1.82, 2.24) is 10.4 Å². The number of hydrogen-bond acceptors (Lipinski definition) is 5. The number of ether oxygens (including phenoxy) is 1. The fraction of sp³-hybridized carbons (Fsp3) is 0.467. The van der Waals surface area contributed by atoms with Gasteiger partial charge in [-0.25, -0.2) is 19.4 Å². The lowest BCUT2D eigenvalue weighted by Crippen LogP contribution is -2.46. The van der Waals surface area contributed by atoms with Crippen LogP contribution in [0.1, 0.15) is 6.92 Å². The third-order valence-electron chi connectivity index (χ3n) is 4.09. The molecule has 130 valence electrons. The number of rotatable bonds is 2. The molecule has 2 aliphatic rings. The van der Waals surface area contributed by atoms with E-state index in [0.717, 1.165) is 0 Å². The molecule has 1 aromatic carbocycles. The van der Waals surface area contributed by atoms with Crippen molar-refractivity contribution in [2.75, 3.05) is 42.5 Å². The maximum Gasteiger partial charge on any atom is 0.414 e. The Morgan fingerprint density at radius 1 is 1.38 bits per heavy atom. The largest absolute Gasteiger partial charge is 0.444 e. The quantitative estimate of drug-likeness (QED) is 0.836. The number of amides is 3. The zero-order valence-corrected chi connectivity index (χ0v) is 13.4. The molecule has 0 saturated carbocycles. The van der Waals surface area contributed by atoms with Crippen LogP contribution in [0.3, 0.4) is 0 Å². The Morgan fingerprint density at radius 2 is 2.17 bits per heavy atom. The predicted octanol–water partition coefficient (Wildman–Crippen LogP) is 0.876. The summed E-state index contributed by atoms with van der Waals surface area (Å²) >= 11 is 0. The van der Waals surface area contributed by atoms with E-state index in [0.29, 0.717) is 44.1 Å². The normalized spacial score (nSPS) is 21.7. The number of hydrogen-bond donors (Lipinski definition) is 2. The minimum absolute atomic E-state index is 0.211. The van der Waals surface area contributed by atoms with Crippen LogP contribution in [0.4, 0.5) is 25.4 Å². The lowest BCUT2D eigenvalue weighted by molar-refractivity contribution is 0.150. The van der Waals surface area contributed by atoms with Crippen LogP contribution in [-0.4, -0.2) is 56.0 Å². The van der Waals surface area contributed by atoms with Gasteiger partial charge >= 0.3 is 12.1 Å². The third kappa shape index (κ3) is 3.21. The van der Waals surface area contributed by atoms with E-state index in [4.69, 9.17) is 10.5 Å². The number of anilines is 2. The van der Waals surface area contributed by atoms with Gasteiger partial charge in [-0.05, 0) is 25.1 Å². The Bertz CT molecular complexity index is 656. The van der Waals surface area contributed by atoms with Crippen molar-refractivity contribution >= 4 is 23.5 Å². The number of urea groups is 1. The van der Waals surface area contributed by atoms with Gasteiger partial charge in [-0.3, -0.25) is 9.91 Å². The highest BCUT2D eigenvalue weighted by Gasteiger charge is 2.30. The molecule has 2 aliphatic heterocycles. The monoisotopic (exact) mass is 337 g/mol. The molecule has 1 atom stereocenters. The molecule has 24 heavy (non-hydrogen) atoms. The average Bonchev–Trinajstić information content (AvgIpc) is 2.74. The van der Waals surface area contributed by atoms with E-state index in [1.807, 2.05) is 4.90 Å². The lowest BCUT2D eigenvalue weighted by Gasteiger charge is -2.24. The molecule has 0 spiro atoms. The van der Waals surface area contributed by atoms with Gasteiger partial charge in [-0.1, -0.05) is 0 Å². The van der Waals surface area contributed by atoms with Crippen LogP contribution in [0, 0.1) is 5.82 Å². The van der Waals surface area contributed by atoms with Crippen LogP contribution in [0.2, 0.25) is 0 Å². The van der Waals surface area contributed by atoms with Gasteiger partial charge in [0, 0.05) is 19.6 Å². The van der Waals surface area contributed by atoms with Crippen molar-refractivity contribution < 1.29 is 18.7 Å². The van der Waals surface area contributed by atoms with E-state index in [-0.39, 0.29) is 6.10 Å². The first kappa shape index (κ1) is 16.3. The minimum atomic E-state index is -0.561. The predicted molar refractivity (Wildman–Crippen MR) is 86.2 cm³/mol. The minimum Gasteiger partial charge on any atom is -0.444 e. The summed E-state index contributed by atoms with van der Waals surface area (Å²) in [6.45, 7) is 4.00. The first-order valence-corrected chi connectivity index (χ1v) is 7.79. The van der Waals surface area contributed by atoms with E-state index in [2.05, 4.69) is 5.43 Å². The van der Waals surface area contributed by atoms with Gasteiger partial charge in [0.2, 0.25) is 0 Å². The van der Waals surface area contributed by atoms with Crippen LogP contribution < -0.4 is 21.0 Å². The fourth-order valence-corrected chi connectivity index (χ4v) is 2.90. The summed E-state index contributed by atoms with van der Waals surface area (Å²) in [6.07, 6.45) is -0.678. The highest BCUT2D eigenvalue weighted by Crippen LogP contribution is 2.28. The smallest absolute Gasteiger partial charge is 0.414 e. The van der Waals surface area contributed by atoms with Crippen LogP contribution in [-0.2, 0) is 4.74 Å². The van der Waals surface area contributed by atoms with Gasteiger partial charge < -0.3 is 15.4 Å². The van der Waals surface area contributed by atoms with Crippen LogP contribution in [0.25, 0.3) is 0 Å². The second-order valence-corrected chi connectivity index (χ2v) is 5.83. The van der Waals surface area contributed by atoms with E-state index in [9.17, 15) is 14.0 Å². The summed E-state index contributed by atoms with van der Waals surface area (Å²) in [6, 6.07) is 4.11. The summed E-state index contributed by atoms with van der Waals surface area (Å²) in [7, 11) is 0.